The van der Waals surface area contributed by atoms with Gasteiger partial charge in [0.2, 0.25) is 0 Å². The molecule has 2 aromatic rings. The fourth-order valence-electron chi connectivity index (χ4n) is 3.51. The molecule has 2 aromatic carbocycles. The van der Waals surface area contributed by atoms with E-state index < -0.39 is 0 Å². The van der Waals surface area contributed by atoms with Crippen LogP contribution in [0.3, 0.4) is 0 Å². The number of hydrogen-bond acceptors (Lipinski definition) is 2. The van der Waals surface area contributed by atoms with Crippen molar-refractivity contribution in [3.63, 3.8) is 0 Å². The minimum atomic E-state index is -0.341. The van der Waals surface area contributed by atoms with E-state index in [1.165, 1.54) is 19.3 Å². The first-order valence-corrected chi connectivity index (χ1v) is 8.13. The van der Waals surface area contributed by atoms with Crippen molar-refractivity contribution in [1.82, 2.24) is 0 Å². The first-order valence-electron chi connectivity index (χ1n) is 8.13. The zero-order chi connectivity index (χ0) is 14.7. The minimum absolute atomic E-state index is 0.341. The summed E-state index contributed by atoms with van der Waals surface area (Å²) in [5.41, 5.74) is 1.07. The molecule has 1 fully saturated rings. The van der Waals surface area contributed by atoms with Crippen LogP contribution >= 0.6 is 0 Å². The lowest BCUT2D eigenvalue weighted by atomic mass is 9.81. The van der Waals surface area contributed by atoms with E-state index in [4.69, 9.17) is 4.74 Å². The van der Waals surface area contributed by atoms with E-state index >= 15 is 0 Å². The average Bonchev–Trinajstić information content (AvgIpc) is 2.54. The second kappa shape index (κ2) is 6.48. The summed E-state index contributed by atoms with van der Waals surface area (Å²) in [4.78, 5) is 0. The van der Waals surface area contributed by atoms with Gasteiger partial charge in [-0.05, 0) is 54.2 Å². The van der Waals surface area contributed by atoms with Gasteiger partial charge in [0.15, 0.2) is 0 Å². The molecule has 0 radical (unpaired) electrons. The Morgan fingerprint density at radius 1 is 1.14 bits per heavy atom. The number of ether oxygens (including phenoxy) is 1. The second-order valence-corrected chi connectivity index (χ2v) is 6.01. The quantitative estimate of drug-likeness (QED) is 0.869. The smallest absolute Gasteiger partial charge is 0.119 e. The van der Waals surface area contributed by atoms with E-state index in [0.717, 1.165) is 34.9 Å². The van der Waals surface area contributed by atoms with Crippen LogP contribution in [0.2, 0.25) is 0 Å². The summed E-state index contributed by atoms with van der Waals surface area (Å²) in [7, 11) is 0. The number of rotatable bonds is 4. The molecule has 2 heteroatoms. The summed E-state index contributed by atoms with van der Waals surface area (Å²) in [6, 6.07) is 12.4. The topological polar surface area (TPSA) is 29.5 Å². The number of aliphatic hydroxyl groups excluding tert-OH is 1. The van der Waals surface area contributed by atoms with Gasteiger partial charge in [0.1, 0.15) is 5.75 Å². The van der Waals surface area contributed by atoms with Crippen LogP contribution < -0.4 is 4.74 Å². The summed E-state index contributed by atoms with van der Waals surface area (Å²) in [6.07, 6.45) is 5.77. The molecule has 0 aromatic heterocycles. The third-order valence-corrected chi connectivity index (χ3v) is 4.61. The van der Waals surface area contributed by atoms with Crippen LogP contribution in [-0.2, 0) is 0 Å². The lowest BCUT2D eigenvalue weighted by Gasteiger charge is -2.27. The Morgan fingerprint density at radius 2 is 1.95 bits per heavy atom. The van der Waals surface area contributed by atoms with Crippen LogP contribution in [0.15, 0.2) is 36.4 Å². The van der Waals surface area contributed by atoms with Gasteiger partial charge >= 0.3 is 0 Å². The monoisotopic (exact) mass is 284 g/mol. The minimum Gasteiger partial charge on any atom is -0.494 e. The molecule has 0 aliphatic heterocycles. The van der Waals surface area contributed by atoms with E-state index in [0.29, 0.717) is 12.5 Å². The molecule has 2 nitrogen and oxygen atoms in total. The van der Waals surface area contributed by atoms with Crippen LogP contribution in [0.1, 0.15) is 50.7 Å². The molecule has 0 spiro atoms. The summed E-state index contributed by atoms with van der Waals surface area (Å²) in [6.45, 7) is 2.67. The van der Waals surface area contributed by atoms with Gasteiger partial charge in [-0.2, -0.15) is 0 Å². The number of fused-ring (bicyclic) bond motifs is 1. The highest BCUT2D eigenvalue weighted by atomic mass is 16.5. The first kappa shape index (κ1) is 14.4. The Labute approximate surface area is 126 Å². The van der Waals surface area contributed by atoms with Crippen molar-refractivity contribution in [3.05, 3.63) is 42.0 Å². The molecule has 1 saturated carbocycles. The predicted molar refractivity (Wildman–Crippen MR) is 86.7 cm³/mol. The normalized spacial score (nSPS) is 17.8. The molecule has 0 bridgehead atoms. The van der Waals surface area contributed by atoms with E-state index in [2.05, 4.69) is 24.3 Å². The van der Waals surface area contributed by atoms with Gasteiger partial charge in [-0.1, -0.05) is 43.5 Å². The predicted octanol–water partition coefficient (Wildman–Crippen LogP) is 4.85. The van der Waals surface area contributed by atoms with Gasteiger partial charge in [0.25, 0.3) is 0 Å². The van der Waals surface area contributed by atoms with Gasteiger partial charge < -0.3 is 9.84 Å². The lowest BCUT2D eigenvalue weighted by Crippen LogP contribution is -2.16. The third-order valence-electron chi connectivity index (χ3n) is 4.61. The highest BCUT2D eigenvalue weighted by molar-refractivity contribution is 5.87. The van der Waals surface area contributed by atoms with Crippen LogP contribution in [0.4, 0.5) is 0 Å². The SMILES string of the molecule is CCOc1ccc2c(C(O)C3CCCCC3)cccc2c1. The summed E-state index contributed by atoms with van der Waals surface area (Å²) < 4.78 is 5.57. The molecule has 0 saturated heterocycles. The largest absolute Gasteiger partial charge is 0.494 e. The highest BCUT2D eigenvalue weighted by Gasteiger charge is 2.24. The fourth-order valence-corrected chi connectivity index (χ4v) is 3.51. The summed E-state index contributed by atoms with van der Waals surface area (Å²) in [5, 5.41) is 13.1. The molecule has 1 atom stereocenters. The maximum Gasteiger partial charge on any atom is 0.119 e. The van der Waals surface area contributed by atoms with Gasteiger partial charge in [-0.15, -0.1) is 0 Å². The van der Waals surface area contributed by atoms with E-state index in [1.807, 2.05) is 19.1 Å². The molecular weight excluding hydrogens is 260 g/mol. The zero-order valence-corrected chi connectivity index (χ0v) is 12.7. The molecule has 0 heterocycles. The van der Waals surface area contributed by atoms with Crippen molar-refractivity contribution in [2.45, 2.75) is 45.1 Å². The molecule has 112 valence electrons. The molecule has 3 rings (SSSR count). The maximum absolute atomic E-state index is 10.8. The Balaban J connectivity index is 1.94. The molecular formula is C19H24O2. The van der Waals surface area contributed by atoms with Gasteiger partial charge in [-0.3, -0.25) is 0 Å². The molecule has 1 unspecified atom stereocenters. The lowest BCUT2D eigenvalue weighted by molar-refractivity contribution is 0.0861. The third kappa shape index (κ3) is 3.06. The summed E-state index contributed by atoms with van der Waals surface area (Å²) in [5.74, 6) is 1.31. The van der Waals surface area contributed by atoms with Crippen LogP contribution in [-0.4, -0.2) is 11.7 Å². The Bertz CT molecular complexity index is 600. The standard InChI is InChI=1S/C19H24O2/c1-2-21-16-11-12-17-15(13-16)9-6-10-18(17)19(20)14-7-4-3-5-8-14/h6,9-14,19-20H,2-5,7-8H2,1H3. The zero-order valence-electron chi connectivity index (χ0n) is 12.7. The Kier molecular flexibility index (Phi) is 4.45. The van der Waals surface area contributed by atoms with Crippen LogP contribution in [0.5, 0.6) is 5.75 Å². The molecule has 0 amide bonds. The van der Waals surface area contributed by atoms with E-state index in [-0.39, 0.29) is 6.10 Å². The van der Waals surface area contributed by atoms with Gasteiger partial charge in [0.05, 0.1) is 12.7 Å². The Hall–Kier alpha value is -1.54. The molecule has 21 heavy (non-hydrogen) atoms. The Morgan fingerprint density at radius 3 is 2.71 bits per heavy atom. The highest BCUT2D eigenvalue weighted by Crippen LogP contribution is 2.37. The fraction of sp³-hybridized carbons (Fsp3) is 0.474. The molecule has 1 aliphatic carbocycles. The maximum atomic E-state index is 10.8. The van der Waals surface area contributed by atoms with Gasteiger partial charge in [0, 0.05) is 0 Å². The van der Waals surface area contributed by atoms with Crippen LogP contribution in [0, 0.1) is 5.92 Å². The van der Waals surface area contributed by atoms with Crippen molar-refractivity contribution >= 4 is 10.8 Å². The van der Waals surface area contributed by atoms with Crippen molar-refractivity contribution in [2.75, 3.05) is 6.61 Å². The average molecular weight is 284 g/mol. The second-order valence-electron chi connectivity index (χ2n) is 6.01. The molecule has 1 N–H and O–H groups in total. The number of hydrogen-bond donors (Lipinski definition) is 1. The van der Waals surface area contributed by atoms with E-state index in [1.54, 1.807) is 0 Å². The summed E-state index contributed by atoms with van der Waals surface area (Å²) >= 11 is 0. The van der Waals surface area contributed by atoms with Crippen LogP contribution in [0.25, 0.3) is 10.8 Å². The first-order chi connectivity index (χ1) is 10.3. The van der Waals surface area contributed by atoms with Crippen molar-refractivity contribution in [3.8, 4) is 5.75 Å². The van der Waals surface area contributed by atoms with Crippen molar-refractivity contribution in [1.29, 1.82) is 0 Å². The van der Waals surface area contributed by atoms with Gasteiger partial charge in [-0.25, -0.2) is 0 Å². The van der Waals surface area contributed by atoms with E-state index in [9.17, 15) is 5.11 Å². The molecule has 1 aliphatic rings. The van der Waals surface area contributed by atoms with Crippen molar-refractivity contribution in [2.24, 2.45) is 5.92 Å². The number of benzene rings is 2. The number of aliphatic hydroxyl groups is 1. The van der Waals surface area contributed by atoms with Crippen molar-refractivity contribution < 1.29 is 9.84 Å².